The van der Waals surface area contributed by atoms with E-state index in [9.17, 15) is 24.9 Å². The lowest BCUT2D eigenvalue weighted by Gasteiger charge is -2.73. The molecule has 2 heterocycles. The molecule has 6 aliphatic rings. The van der Waals surface area contributed by atoms with Crippen molar-refractivity contribution in [2.45, 2.75) is 57.5 Å². The summed E-state index contributed by atoms with van der Waals surface area (Å²) in [7, 11) is 1.60. The van der Waals surface area contributed by atoms with Crippen LogP contribution in [0.25, 0.3) is 0 Å². The van der Waals surface area contributed by atoms with Gasteiger partial charge in [0.15, 0.2) is 5.78 Å². The van der Waals surface area contributed by atoms with Crippen molar-refractivity contribution >= 4 is 11.6 Å². The van der Waals surface area contributed by atoms with Gasteiger partial charge in [-0.2, -0.15) is 0 Å². The second kappa shape index (κ2) is 6.01. The Hall–Kier alpha value is -1.12. The van der Waals surface area contributed by atoms with Crippen molar-refractivity contribution in [3.63, 3.8) is 0 Å². The second-order valence-electron chi connectivity index (χ2n) is 10.9. The Labute approximate surface area is 176 Å². The minimum atomic E-state index is -2.23. The number of aliphatic hydroxyl groups is 3. The highest BCUT2D eigenvalue weighted by molar-refractivity contribution is 6.06. The first-order valence-electron chi connectivity index (χ1n) is 11.0. The number of fused-ring (bicyclic) bond motifs is 2. The molecule has 4 aliphatic carbocycles. The monoisotopic (exact) mass is 420 g/mol. The van der Waals surface area contributed by atoms with E-state index in [1.54, 1.807) is 7.11 Å². The van der Waals surface area contributed by atoms with Crippen LogP contribution in [0.3, 0.4) is 0 Å². The summed E-state index contributed by atoms with van der Waals surface area (Å²) in [6.45, 7) is 8.33. The van der Waals surface area contributed by atoms with Crippen LogP contribution in [0.5, 0.6) is 0 Å². The third-order valence-electron chi connectivity index (χ3n) is 9.41. The van der Waals surface area contributed by atoms with E-state index in [1.807, 2.05) is 13.8 Å². The van der Waals surface area contributed by atoms with Crippen LogP contribution in [-0.2, 0) is 19.1 Å². The Morgan fingerprint density at radius 2 is 1.90 bits per heavy atom. The van der Waals surface area contributed by atoms with Crippen LogP contribution in [0.1, 0.15) is 39.5 Å². The standard InChI is InChI=1S/C23H32O7/c1-11-13-5-6-14-21-10-30-23(28,22(14,16(11)24)18(13)26)19(27)15(21)20(2,3)9-12(17(21)25)7-8-29-4/h12-15,18-19,26-28H,1,5-10H2,2-4H3/t12-,13-,14-,15+,18+,19-,21-,22-,23-/m0/s1. The molecule has 0 aromatic carbocycles. The highest BCUT2D eigenvalue weighted by Crippen LogP contribution is 2.76. The lowest BCUT2D eigenvalue weighted by Crippen LogP contribution is -2.85. The minimum absolute atomic E-state index is 0.0231. The maximum Gasteiger partial charge on any atom is 0.208 e. The predicted molar refractivity (Wildman–Crippen MR) is 105 cm³/mol. The summed E-state index contributed by atoms with van der Waals surface area (Å²) in [5, 5.41) is 34.5. The van der Waals surface area contributed by atoms with Gasteiger partial charge in [-0.3, -0.25) is 9.59 Å². The van der Waals surface area contributed by atoms with Gasteiger partial charge in [-0.05, 0) is 42.6 Å². The third-order valence-corrected chi connectivity index (χ3v) is 9.41. The van der Waals surface area contributed by atoms with Crippen LogP contribution in [0.15, 0.2) is 12.2 Å². The SMILES string of the molecule is C=C1C(=O)[C@]23[C@H](O)[C@H]1CC[C@H]2[C@@]12CO[C@@]3(O)[C@@H](O)[C@@H]1C(C)(C)C[C@H](CCOC)C2=O. The van der Waals surface area contributed by atoms with Gasteiger partial charge < -0.3 is 24.8 Å². The van der Waals surface area contributed by atoms with Crippen molar-refractivity contribution in [3.8, 4) is 0 Å². The van der Waals surface area contributed by atoms with Crippen molar-refractivity contribution in [2.75, 3.05) is 20.3 Å². The molecule has 4 bridgehead atoms. The van der Waals surface area contributed by atoms with Gasteiger partial charge in [0.2, 0.25) is 5.79 Å². The molecular formula is C23H32O7. The van der Waals surface area contributed by atoms with Gasteiger partial charge in [0.25, 0.3) is 0 Å². The molecule has 30 heavy (non-hydrogen) atoms. The maximum absolute atomic E-state index is 14.1. The molecule has 2 saturated heterocycles. The third kappa shape index (κ3) is 1.92. The summed E-state index contributed by atoms with van der Waals surface area (Å²) >= 11 is 0. The largest absolute Gasteiger partial charge is 0.391 e. The van der Waals surface area contributed by atoms with Gasteiger partial charge >= 0.3 is 0 Å². The molecule has 7 nitrogen and oxygen atoms in total. The number of Topliss-reactive ketones (excluding diaryl/α,β-unsaturated/α-hetero) is 2. The first-order chi connectivity index (χ1) is 14.0. The number of ether oxygens (including phenoxy) is 2. The molecule has 2 aliphatic heterocycles. The number of methoxy groups -OCH3 is 1. The zero-order valence-corrected chi connectivity index (χ0v) is 17.9. The van der Waals surface area contributed by atoms with Gasteiger partial charge in [-0.15, -0.1) is 0 Å². The van der Waals surface area contributed by atoms with E-state index >= 15 is 0 Å². The molecule has 6 rings (SSSR count). The van der Waals surface area contributed by atoms with Gasteiger partial charge in [-0.25, -0.2) is 0 Å². The molecule has 0 radical (unpaired) electrons. The first kappa shape index (κ1) is 20.8. The van der Waals surface area contributed by atoms with Crippen LogP contribution in [0.2, 0.25) is 0 Å². The fourth-order valence-electron chi connectivity index (χ4n) is 8.48. The second-order valence-corrected chi connectivity index (χ2v) is 10.9. The van der Waals surface area contributed by atoms with Crippen molar-refractivity contribution in [1.82, 2.24) is 0 Å². The van der Waals surface area contributed by atoms with Crippen LogP contribution in [-0.4, -0.2) is 65.2 Å². The molecule has 4 saturated carbocycles. The van der Waals surface area contributed by atoms with Crippen LogP contribution in [0, 0.1) is 39.9 Å². The Morgan fingerprint density at radius 3 is 2.57 bits per heavy atom. The van der Waals surface area contributed by atoms with E-state index < -0.39 is 57.8 Å². The number of rotatable bonds is 3. The number of ketones is 2. The highest BCUT2D eigenvalue weighted by atomic mass is 16.6. The summed E-state index contributed by atoms with van der Waals surface area (Å²) in [6, 6.07) is 0. The van der Waals surface area contributed by atoms with Crippen molar-refractivity contribution in [2.24, 2.45) is 39.9 Å². The van der Waals surface area contributed by atoms with E-state index in [1.165, 1.54) is 0 Å². The lowest BCUT2D eigenvalue weighted by molar-refractivity contribution is -0.438. The number of hydrogen-bond acceptors (Lipinski definition) is 7. The molecular weight excluding hydrogens is 388 g/mol. The van der Waals surface area contributed by atoms with E-state index in [4.69, 9.17) is 9.47 Å². The number of aliphatic hydroxyl groups excluding tert-OH is 2. The average Bonchev–Trinajstić information content (AvgIpc) is 2.80. The summed E-state index contributed by atoms with van der Waals surface area (Å²) in [6.07, 6.45) is -0.494. The zero-order chi connectivity index (χ0) is 21.9. The number of carbonyl (C=O) groups excluding carboxylic acids is 2. The Morgan fingerprint density at radius 1 is 1.20 bits per heavy atom. The Balaban J connectivity index is 1.74. The van der Waals surface area contributed by atoms with Gasteiger partial charge in [0, 0.05) is 31.5 Å². The fraction of sp³-hybridized carbons (Fsp3) is 0.826. The quantitative estimate of drug-likeness (QED) is 0.580. The number of carbonyl (C=O) groups is 2. The van der Waals surface area contributed by atoms with E-state index in [0.29, 0.717) is 32.3 Å². The Bertz CT molecular complexity index is 835. The van der Waals surface area contributed by atoms with Crippen molar-refractivity contribution < 1.29 is 34.4 Å². The zero-order valence-electron chi connectivity index (χ0n) is 17.9. The summed E-state index contributed by atoms with van der Waals surface area (Å²) < 4.78 is 11.1. The molecule has 0 aromatic rings. The van der Waals surface area contributed by atoms with Crippen LogP contribution in [0.4, 0.5) is 0 Å². The lowest BCUT2D eigenvalue weighted by atomic mass is 9.35. The molecule has 2 spiro atoms. The molecule has 0 unspecified atom stereocenters. The Kier molecular flexibility index (Phi) is 4.16. The smallest absolute Gasteiger partial charge is 0.208 e. The fourth-order valence-corrected chi connectivity index (χ4v) is 8.48. The predicted octanol–water partition coefficient (Wildman–Crippen LogP) is 0.846. The molecule has 9 atom stereocenters. The van der Waals surface area contributed by atoms with Crippen molar-refractivity contribution in [3.05, 3.63) is 12.2 Å². The average molecular weight is 421 g/mol. The normalized spacial score (nSPS) is 53.6. The van der Waals surface area contributed by atoms with Gasteiger partial charge in [-0.1, -0.05) is 20.4 Å². The van der Waals surface area contributed by atoms with Gasteiger partial charge in [0.05, 0.1) is 18.1 Å². The maximum atomic E-state index is 14.1. The molecule has 6 fully saturated rings. The summed E-state index contributed by atoms with van der Waals surface area (Å²) in [5.74, 6) is -4.61. The minimum Gasteiger partial charge on any atom is -0.391 e. The number of hydrogen-bond donors (Lipinski definition) is 3. The van der Waals surface area contributed by atoms with Crippen molar-refractivity contribution in [1.29, 1.82) is 0 Å². The molecule has 166 valence electrons. The van der Waals surface area contributed by atoms with E-state index in [2.05, 4.69) is 6.58 Å². The van der Waals surface area contributed by atoms with E-state index in [0.717, 1.165) is 0 Å². The molecule has 0 aromatic heterocycles. The molecule has 0 amide bonds. The summed E-state index contributed by atoms with van der Waals surface area (Å²) in [4.78, 5) is 27.6. The molecule has 7 heteroatoms. The van der Waals surface area contributed by atoms with Crippen LogP contribution < -0.4 is 0 Å². The topological polar surface area (TPSA) is 113 Å². The highest BCUT2D eigenvalue weighted by Gasteiger charge is 2.87. The van der Waals surface area contributed by atoms with E-state index in [-0.39, 0.29) is 23.9 Å². The first-order valence-corrected chi connectivity index (χ1v) is 11.0. The summed E-state index contributed by atoms with van der Waals surface area (Å²) in [5.41, 5.74) is -3.06. The van der Waals surface area contributed by atoms with Crippen LogP contribution >= 0.6 is 0 Å². The molecule has 3 N–H and O–H groups in total. The van der Waals surface area contributed by atoms with Gasteiger partial charge in [0.1, 0.15) is 17.3 Å².